The minimum absolute atomic E-state index is 0. The van der Waals surface area contributed by atoms with Crippen LogP contribution in [0, 0.1) is 20.2 Å². The van der Waals surface area contributed by atoms with Crippen molar-refractivity contribution in [2.24, 2.45) is 0 Å². The Morgan fingerprint density at radius 2 is 0.842 bits per heavy atom. The number of hydrogen-bond donors (Lipinski definition) is 4. The van der Waals surface area contributed by atoms with Gasteiger partial charge in [-0.05, 0) is 47.5 Å². The number of fused-ring (bicyclic) bond motifs is 2. The van der Waals surface area contributed by atoms with E-state index in [9.17, 15) is 30.4 Å². The number of hydrogen-bond acceptors (Lipinski definition) is 10. The summed E-state index contributed by atoms with van der Waals surface area (Å²) in [5.41, 5.74) is 5.79. The number of aromatic nitrogens is 2. The molecule has 0 bridgehead atoms. The molecule has 0 aliphatic rings. The van der Waals surface area contributed by atoms with Gasteiger partial charge in [0.25, 0.3) is 11.4 Å². The summed E-state index contributed by atoms with van der Waals surface area (Å²) in [5, 5.41) is 52.0. The molecule has 8 aromatic rings. The number of anilines is 2. The summed E-state index contributed by atoms with van der Waals surface area (Å²) in [6, 6.07) is 46.2. The predicted molar refractivity (Wildman–Crippen MR) is 217 cm³/mol. The van der Waals surface area contributed by atoms with Gasteiger partial charge in [0.1, 0.15) is 22.5 Å². The number of phenolic OH excluding ortho intramolecular Hbond substituents is 2. The molecule has 8 rings (SSSR count). The van der Waals surface area contributed by atoms with Gasteiger partial charge in [0.15, 0.2) is 0 Å². The van der Waals surface area contributed by atoms with Gasteiger partial charge >= 0.3 is 0 Å². The topological polar surface area (TPSA) is 177 Å². The fourth-order valence-electron chi connectivity index (χ4n) is 6.42. The third-order valence-corrected chi connectivity index (χ3v) is 9.22. The fraction of sp³-hybridized carbons (Fsp3) is 0.0455. The van der Waals surface area contributed by atoms with Crippen molar-refractivity contribution in [3.63, 3.8) is 0 Å². The van der Waals surface area contributed by atoms with Gasteiger partial charge in [-0.25, -0.2) is 0 Å². The van der Waals surface area contributed by atoms with E-state index in [1.54, 1.807) is 36.7 Å². The molecule has 6 aromatic carbocycles. The van der Waals surface area contributed by atoms with Crippen LogP contribution < -0.4 is 10.6 Å². The number of benzene rings is 6. The molecule has 2 atom stereocenters. The molecule has 0 saturated heterocycles. The Bertz CT molecular complexity index is 2450. The number of nitrogens with one attached hydrogen (secondary N) is 2. The molecular weight excluding hydrogens is 767 g/mol. The van der Waals surface area contributed by atoms with Crippen molar-refractivity contribution in [2.75, 3.05) is 10.6 Å². The Kier molecular flexibility index (Phi) is 12.3. The molecule has 0 saturated carbocycles. The minimum atomic E-state index is -0.431. The quantitative estimate of drug-likeness (QED) is 0.0769. The first kappa shape index (κ1) is 39.3. The van der Waals surface area contributed by atoms with Gasteiger partial charge < -0.3 is 20.8 Å². The molecule has 2 aromatic heterocycles. The molecule has 1 radical (unpaired) electrons. The van der Waals surface area contributed by atoms with E-state index in [1.165, 1.54) is 24.3 Å². The van der Waals surface area contributed by atoms with E-state index < -0.39 is 9.85 Å². The maximum atomic E-state index is 10.9. The Hall–Kier alpha value is -7.35. The molecule has 2 unspecified atom stereocenters. The zero-order valence-electron chi connectivity index (χ0n) is 30.0. The third-order valence-electron chi connectivity index (χ3n) is 9.22. The summed E-state index contributed by atoms with van der Waals surface area (Å²) in [6.07, 6.45) is 3.29. The average molecular weight is 802 g/mol. The molecule has 4 N–H and O–H groups in total. The molecule has 2 heterocycles. The summed E-state index contributed by atoms with van der Waals surface area (Å²) in [5.74, 6) is 0.225. The third kappa shape index (κ3) is 8.97. The van der Waals surface area contributed by atoms with Crippen LogP contribution in [-0.2, 0) is 16.8 Å². The monoisotopic (exact) mass is 801 g/mol. The molecule has 0 aliphatic heterocycles. The second-order valence-electron chi connectivity index (χ2n) is 12.7. The number of non-ortho nitro benzene ring substituents is 2. The van der Waals surface area contributed by atoms with Crippen LogP contribution in [-0.4, -0.2) is 30.0 Å². The smallest absolute Gasteiger partial charge is 0.269 e. The number of nitrogens with zero attached hydrogens (tertiary/aromatic N) is 4. The van der Waals surface area contributed by atoms with Gasteiger partial charge in [-0.15, -0.1) is 0 Å². The molecule has 0 fully saturated rings. The van der Waals surface area contributed by atoms with Crippen LogP contribution in [0.25, 0.3) is 21.8 Å². The van der Waals surface area contributed by atoms with Gasteiger partial charge in [-0.2, -0.15) is 0 Å². The molecule has 12 nitrogen and oxygen atoms in total. The summed E-state index contributed by atoms with van der Waals surface area (Å²) >= 11 is 0. The Labute approximate surface area is 337 Å². The Morgan fingerprint density at radius 3 is 1.19 bits per heavy atom. The molecule has 13 heteroatoms. The molecule has 0 amide bonds. The average Bonchev–Trinajstić information content (AvgIpc) is 3.24. The molecule has 0 aliphatic carbocycles. The van der Waals surface area contributed by atoms with Gasteiger partial charge in [0.2, 0.25) is 0 Å². The minimum Gasteiger partial charge on any atom is -0.505 e. The van der Waals surface area contributed by atoms with E-state index in [0.29, 0.717) is 33.5 Å². The van der Waals surface area contributed by atoms with E-state index in [2.05, 4.69) is 20.6 Å². The SMILES string of the molecule is O=[N+]([O-])c1ccc(NC(c2ccccc2)c2ccc3cccnc3c2O)cc1.O=[N+]([O-])c1ccc(NC(c2ccccc2)c2ccc3cccnc3c2O)cc1.[Co]. The van der Waals surface area contributed by atoms with Crippen LogP contribution in [0.15, 0.2) is 170 Å². The largest absolute Gasteiger partial charge is 0.505 e. The zero-order valence-corrected chi connectivity index (χ0v) is 31.0. The standard InChI is InChI=1S/2C22H17N3O3.Co/c2*26-22-19(13-8-16-7-4-14-23-21(16)22)20(15-5-2-1-3-6-15)24-17-9-11-18(12-10-17)25(27)28;/h2*1-14,20,24,26H;. The van der Waals surface area contributed by atoms with E-state index in [-0.39, 0.29) is 51.7 Å². The van der Waals surface area contributed by atoms with E-state index in [0.717, 1.165) is 21.9 Å². The van der Waals surface area contributed by atoms with Crippen molar-refractivity contribution in [1.82, 2.24) is 9.97 Å². The van der Waals surface area contributed by atoms with Gasteiger partial charge in [-0.1, -0.05) is 97.1 Å². The van der Waals surface area contributed by atoms with Crippen molar-refractivity contribution in [2.45, 2.75) is 12.1 Å². The molecule has 0 spiro atoms. The Balaban J connectivity index is 0.000000189. The van der Waals surface area contributed by atoms with Crippen molar-refractivity contribution in [3.8, 4) is 11.5 Å². The number of rotatable bonds is 10. The van der Waals surface area contributed by atoms with Crippen LogP contribution >= 0.6 is 0 Å². The normalized spacial score (nSPS) is 11.6. The van der Waals surface area contributed by atoms with Crippen molar-refractivity contribution in [1.29, 1.82) is 0 Å². The van der Waals surface area contributed by atoms with Crippen molar-refractivity contribution < 1.29 is 36.8 Å². The fourth-order valence-corrected chi connectivity index (χ4v) is 6.42. The van der Waals surface area contributed by atoms with E-state index in [1.807, 2.05) is 109 Å². The van der Waals surface area contributed by atoms with Crippen LogP contribution in [0.4, 0.5) is 22.7 Å². The molecule has 57 heavy (non-hydrogen) atoms. The maximum absolute atomic E-state index is 10.9. The van der Waals surface area contributed by atoms with Crippen LogP contribution in [0.2, 0.25) is 0 Å². The van der Waals surface area contributed by atoms with Gasteiger partial charge in [-0.3, -0.25) is 30.2 Å². The number of nitro benzene ring substituents is 2. The van der Waals surface area contributed by atoms with Crippen LogP contribution in [0.1, 0.15) is 34.3 Å². The number of aromatic hydroxyl groups is 2. The van der Waals surface area contributed by atoms with Crippen LogP contribution in [0.5, 0.6) is 11.5 Å². The van der Waals surface area contributed by atoms with Crippen LogP contribution in [0.3, 0.4) is 0 Å². The Morgan fingerprint density at radius 1 is 0.474 bits per heavy atom. The number of phenols is 2. The summed E-state index contributed by atoms with van der Waals surface area (Å²) in [4.78, 5) is 29.5. The van der Waals surface area contributed by atoms with Gasteiger partial charge in [0.05, 0.1) is 21.9 Å². The molecular formula is C44H34CoN6O6. The van der Waals surface area contributed by atoms with E-state index in [4.69, 9.17) is 0 Å². The summed E-state index contributed by atoms with van der Waals surface area (Å²) < 4.78 is 0. The molecule has 285 valence electrons. The number of pyridine rings is 2. The maximum Gasteiger partial charge on any atom is 0.269 e. The van der Waals surface area contributed by atoms with Gasteiger partial charge in [0, 0.05) is 86.7 Å². The second-order valence-corrected chi connectivity index (χ2v) is 12.7. The first-order valence-corrected chi connectivity index (χ1v) is 17.5. The zero-order chi connectivity index (χ0) is 39.0. The first-order chi connectivity index (χ1) is 27.3. The second kappa shape index (κ2) is 17.9. The van der Waals surface area contributed by atoms with Crippen molar-refractivity contribution in [3.05, 3.63) is 213 Å². The van der Waals surface area contributed by atoms with E-state index >= 15 is 0 Å². The summed E-state index contributed by atoms with van der Waals surface area (Å²) in [6.45, 7) is 0. The summed E-state index contributed by atoms with van der Waals surface area (Å²) in [7, 11) is 0. The first-order valence-electron chi connectivity index (χ1n) is 17.5. The number of nitro groups is 2. The predicted octanol–water partition coefficient (Wildman–Crippen LogP) is 10.1. The van der Waals surface area contributed by atoms with Crippen molar-refractivity contribution >= 4 is 44.6 Å².